The lowest BCUT2D eigenvalue weighted by molar-refractivity contribution is -0.146. The summed E-state index contributed by atoms with van der Waals surface area (Å²) in [5.74, 6) is 0.249. The van der Waals surface area contributed by atoms with E-state index in [-0.39, 0.29) is 36.4 Å². The van der Waals surface area contributed by atoms with Crippen LogP contribution in [0.15, 0.2) is 66.7 Å². The summed E-state index contributed by atoms with van der Waals surface area (Å²) in [7, 11) is 1.36. The maximum atomic E-state index is 13.0. The molecule has 2 amide bonds. The molecule has 2 aliphatic rings. The molecule has 3 aromatic rings. The van der Waals surface area contributed by atoms with Crippen molar-refractivity contribution >= 4 is 29.2 Å². The number of amides is 2. The Hall–Kier alpha value is -4.33. The van der Waals surface area contributed by atoms with Gasteiger partial charge in [0.25, 0.3) is 0 Å². The predicted molar refractivity (Wildman–Crippen MR) is 134 cm³/mol. The third kappa shape index (κ3) is 4.88. The molecule has 0 aromatic heterocycles. The summed E-state index contributed by atoms with van der Waals surface area (Å²) in [5, 5.41) is 5.58. The average molecular weight is 487 g/mol. The van der Waals surface area contributed by atoms with E-state index in [9.17, 15) is 14.4 Å². The second kappa shape index (κ2) is 10.1. The number of Topliss-reactive ketones (excluding diaryl/α,β-unsaturated/α-hetero) is 1. The number of rotatable bonds is 6. The molecule has 0 saturated heterocycles. The van der Waals surface area contributed by atoms with Crippen molar-refractivity contribution in [3.8, 4) is 22.6 Å². The molecule has 2 atom stereocenters. The van der Waals surface area contributed by atoms with Crippen LogP contribution in [0.25, 0.3) is 11.1 Å². The molecule has 1 aliphatic heterocycles. The number of anilines is 2. The van der Waals surface area contributed by atoms with Crippen LogP contribution in [0.5, 0.6) is 11.5 Å². The van der Waals surface area contributed by atoms with Crippen LogP contribution >= 0.6 is 0 Å². The highest BCUT2D eigenvalue weighted by molar-refractivity contribution is 6.01. The number of fused-ring (bicyclic) bond motifs is 1. The molecule has 3 aromatic carbocycles. The number of methoxy groups -OCH3 is 1. The number of ether oxygens (including phenoxy) is 3. The minimum absolute atomic E-state index is 0.0116. The first-order valence-electron chi connectivity index (χ1n) is 11.8. The molecule has 1 heterocycles. The number of carbonyl (C=O) groups excluding carboxylic acids is 3. The number of ketones is 1. The highest BCUT2D eigenvalue weighted by Crippen LogP contribution is 2.36. The van der Waals surface area contributed by atoms with Crippen LogP contribution in [-0.2, 0) is 9.53 Å². The van der Waals surface area contributed by atoms with Crippen LogP contribution < -0.4 is 20.1 Å². The topological polar surface area (TPSA) is 103 Å². The Bertz CT molecular complexity index is 1290. The summed E-state index contributed by atoms with van der Waals surface area (Å²) < 4.78 is 15.5. The minimum Gasteiger partial charge on any atom is -0.469 e. The summed E-state index contributed by atoms with van der Waals surface area (Å²) in [4.78, 5) is 37.4. The Morgan fingerprint density at radius 3 is 2.11 bits per heavy atom. The van der Waals surface area contributed by atoms with Crippen LogP contribution in [0.1, 0.15) is 29.6 Å². The van der Waals surface area contributed by atoms with Gasteiger partial charge in [-0.05, 0) is 48.2 Å². The molecule has 2 N–H and O–H groups in total. The van der Waals surface area contributed by atoms with Crippen LogP contribution in [0.2, 0.25) is 0 Å². The van der Waals surface area contributed by atoms with Gasteiger partial charge in [-0.15, -0.1) is 0 Å². The molecule has 36 heavy (non-hydrogen) atoms. The molecular weight excluding hydrogens is 460 g/mol. The lowest BCUT2D eigenvalue weighted by atomic mass is 9.88. The standard InChI is InChI=1S/C28H26N2O6/c1-34-27(32)23-4-2-3-22(23)26(31)19-7-5-17(6-8-19)18-9-11-20(12-10-18)29-28(33)30-21-13-14-24-25(15-21)36-16-35-24/h5-15,22-23H,2-4,16H2,1H3,(H2,29,30,33)/t22-,23-/m1/s1. The zero-order valence-corrected chi connectivity index (χ0v) is 19.8. The van der Waals surface area contributed by atoms with E-state index in [4.69, 9.17) is 14.2 Å². The number of hydrogen-bond donors (Lipinski definition) is 2. The van der Waals surface area contributed by atoms with E-state index < -0.39 is 0 Å². The number of nitrogens with one attached hydrogen (secondary N) is 2. The molecule has 184 valence electrons. The number of urea groups is 1. The van der Waals surface area contributed by atoms with Gasteiger partial charge in [0, 0.05) is 28.9 Å². The van der Waals surface area contributed by atoms with Crippen molar-refractivity contribution in [3.05, 3.63) is 72.3 Å². The highest BCUT2D eigenvalue weighted by atomic mass is 16.7. The van der Waals surface area contributed by atoms with Crippen LogP contribution in [-0.4, -0.2) is 31.7 Å². The van der Waals surface area contributed by atoms with Crippen molar-refractivity contribution in [2.24, 2.45) is 11.8 Å². The van der Waals surface area contributed by atoms with Crippen molar-refractivity contribution in [2.45, 2.75) is 19.3 Å². The molecule has 0 spiro atoms. The fourth-order valence-electron chi connectivity index (χ4n) is 4.76. The fraction of sp³-hybridized carbons (Fsp3) is 0.250. The molecular formula is C28H26N2O6. The summed E-state index contributed by atoms with van der Waals surface area (Å²) in [6.07, 6.45) is 2.25. The van der Waals surface area contributed by atoms with E-state index in [1.807, 2.05) is 36.4 Å². The van der Waals surface area contributed by atoms with Gasteiger partial charge in [0.2, 0.25) is 6.79 Å². The molecule has 1 saturated carbocycles. The normalized spacial score (nSPS) is 17.9. The van der Waals surface area contributed by atoms with Gasteiger partial charge < -0.3 is 24.8 Å². The molecule has 0 radical (unpaired) electrons. The van der Waals surface area contributed by atoms with Gasteiger partial charge in [0.1, 0.15) is 0 Å². The lowest BCUT2D eigenvalue weighted by Crippen LogP contribution is -2.26. The van der Waals surface area contributed by atoms with Gasteiger partial charge in [-0.3, -0.25) is 9.59 Å². The van der Waals surface area contributed by atoms with Gasteiger partial charge in [-0.25, -0.2) is 4.79 Å². The molecule has 5 rings (SSSR count). The number of benzene rings is 3. The quantitative estimate of drug-likeness (QED) is 0.352. The van der Waals surface area contributed by atoms with E-state index in [2.05, 4.69) is 10.6 Å². The van der Waals surface area contributed by atoms with Gasteiger partial charge in [-0.2, -0.15) is 0 Å². The van der Waals surface area contributed by atoms with Gasteiger partial charge in [0.05, 0.1) is 13.0 Å². The first kappa shape index (κ1) is 23.4. The average Bonchev–Trinajstić information content (AvgIpc) is 3.58. The smallest absolute Gasteiger partial charge is 0.323 e. The molecule has 8 nitrogen and oxygen atoms in total. The lowest BCUT2D eigenvalue weighted by Gasteiger charge is -2.16. The van der Waals surface area contributed by atoms with Gasteiger partial charge in [0.15, 0.2) is 17.3 Å². The molecule has 1 aliphatic carbocycles. The monoisotopic (exact) mass is 486 g/mol. The van der Waals surface area contributed by atoms with E-state index in [0.717, 1.165) is 17.5 Å². The van der Waals surface area contributed by atoms with Crippen molar-refractivity contribution < 1.29 is 28.6 Å². The Labute approximate surface area is 208 Å². The zero-order chi connectivity index (χ0) is 25.1. The first-order chi connectivity index (χ1) is 17.5. The van der Waals surface area contributed by atoms with E-state index in [1.165, 1.54) is 7.11 Å². The summed E-state index contributed by atoms with van der Waals surface area (Å²) in [5.41, 5.74) is 3.72. The van der Waals surface area contributed by atoms with Crippen molar-refractivity contribution in [3.63, 3.8) is 0 Å². The third-order valence-electron chi connectivity index (χ3n) is 6.63. The van der Waals surface area contributed by atoms with Crippen molar-refractivity contribution in [1.82, 2.24) is 0 Å². The second-order valence-corrected chi connectivity index (χ2v) is 8.83. The summed E-state index contributed by atoms with van der Waals surface area (Å²) >= 11 is 0. The predicted octanol–water partition coefficient (Wildman–Crippen LogP) is 5.50. The first-order valence-corrected chi connectivity index (χ1v) is 11.8. The van der Waals surface area contributed by atoms with Crippen molar-refractivity contribution in [2.75, 3.05) is 24.5 Å². The number of carbonyl (C=O) groups is 3. The zero-order valence-electron chi connectivity index (χ0n) is 19.8. The number of esters is 1. The van der Waals surface area contributed by atoms with Crippen LogP contribution in [0.3, 0.4) is 0 Å². The van der Waals surface area contributed by atoms with Gasteiger partial charge >= 0.3 is 12.0 Å². The minimum atomic E-state index is -0.373. The molecule has 0 bridgehead atoms. The SMILES string of the molecule is COC(=O)[C@@H]1CCC[C@H]1C(=O)c1ccc(-c2ccc(NC(=O)Nc3ccc4c(c3)OCO4)cc2)cc1. The van der Waals surface area contributed by atoms with Gasteiger partial charge in [-0.1, -0.05) is 42.8 Å². The Kier molecular flexibility index (Phi) is 6.58. The fourth-order valence-corrected chi connectivity index (χ4v) is 4.76. The summed E-state index contributed by atoms with van der Waals surface area (Å²) in [6, 6.07) is 19.6. The van der Waals surface area contributed by atoms with Crippen LogP contribution in [0.4, 0.5) is 16.2 Å². The summed E-state index contributed by atoms with van der Waals surface area (Å²) in [6.45, 7) is 0.173. The van der Waals surface area contributed by atoms with E-state index >= 15 is 0 Å². The Balaban J connectivity index is 1.20. The van der Waals surface area contributed by atoms with Crippen LogP contribution in [0, 0.1) is 11.8 Å². The van der Waals surface area contributed by atoms with E-state index in [0.29, 0.717) is 41.3 Å². The maximum Gasteiger partial charge on any atom is 0.323 e. The third-order valence-corrected chi connectivity index (χ3v) is 6.63. The number of hydrogen-bond acceptors (Lipinski definition) is 6. The Morgan fingerprint density at radius 2 is 1.39 bits per heavy atom. The maximum absolute atomic E-state index is 13.0. The van der Waals surface area contributed by atoms with E-state index in [1.54, 1.807) is 30.3 Å². The van der Waals surface area contributed by atoms with Crippen molar-refractivity contribution in [1.29, 1.82) is 0 Å². The second-order valence-electron chi connectivity index (χ2n) is 8.83. The largest absolute Gasteiger partial charge is 0.469 e. The highest BCUT2D eigenvalue weighted by Gasteiger charge is 2.38. The Morgan fingerprint density at radius 1 is 0.778 bits per heavy atom. The molecule has 8 heteroatoms. The molecule has 0 unspecified atom stereocenters. The molecule has 1 fully saturated rings.